The Kier molecular flexibility index (Phi) is 4.84. The highest BCUT2D eigenvalue weighted by molar-refractivity contribution is 5.35. The summed E-state index contributed by atoms with van der Waals surface area (Å²) in [4.78, 5) is 0. The van der Waals surface area contributed by atoms with E-state index in [1.807, 2.05) is 6.07 Å². The number of benzene rings is 1. The largest absolute Gasteiger partial charge is 0.496 e. The summed E-state index contributed by atoms with van der Waals surface area (Å²) in [6, 6.07) is 9.44. The molecular weight excluding hydrogens is 258 g/mol. The van der Waals surface area contributed by atoms with Crippen LogP contribution in [0.4, 0.5) is 0 Å². The van der Waals surface area contributed by atoms with Crippen LogP contribution in [0, 0.1) is 11.8 Å². The highest BCUT2D eigenvalue weighted by Crippen LogP contribution is 2.41. The monoisotopic (exact) mass is 287 g/mol. The van der Waals surface area contributed by atoms with Gasteiger partial charge in [-0.3, -0.25) is 0 Å². The molecule has 4 atom stereocenters. The molecule has 2 heteroatoms. The van der Waals surface area contributed by atoms with E-state index in [9.17, 15) is 0 Å². The summed E-state index contributed by atoms with van der Waals surface area (Å²) in [6.07, 6.45) is 10.0. The molecular formula is C19H29NO. The summed E-state index contributed by atoms with van der Waals surface area (Å²) in [6.45, 7) is 2.27. The van der Waals surface area contributed by atoms with Crippen LogP contribution in [0.5, 0.6) is 5.75 Å². The van der Waals surface area contributed by atoms with E-state index in [1.165, 1.54) is 50.5 Å². The van der Waals surface area contributed by atoms with Crippen molar-refractivity contribution >= 4 is 0 Å². The van der Waals surface area contributed by atoms with Gasteiger partial charge in [0.1, 0.15) is 5.75 Å². The molecule has 1 aromatic rings. The number of nitrogens with one attached hydrogen (secondary N) is 1. The third-order valence-corrected chi connectivity index (χ3v) is 5.63. The van der Waals surface area contributed by atoms with Crippen LogP contribution in [0.15, 0.2) is 24.3 Å². The van der Waals surface area contributed by atoms with Gasteiger partial charge in [0.05, 0.1) is 7.11 Å². The molecule has 116 valence electrons. The lowest BCUT2D eigenvalue weighted by Crippen LogP contribution is -2.39. The third-order valence-electron chi connectivity index (χ3n) is 5.63. The standard InChI is InChI=1S/C19H29NO/c1-14(18-9-5-6-10-19(18)21-2)20-17-12-11-15-7-3-4-8-16(15)13-17/h5-6,9-10,14-17,20H,3-4,7-8,11-13H2,1-2H3. The van der Waals surface area contributed by atoms with Crippen LogP contribution in [-0.2, 0) is 0 Å². The van der Waals surface area contributed by atoms with Crippen LogP contribution < -0.4 is 10.1 Å². The molecule has 0 radical (unpaired) electrons. The molecule has 0 bridgehead atoms. The summed E-state index contributed by atoms with van der Waals surface area (Å²) in [7, 11) is 1.76. The molecule has 0 amide bonds. The average Bonchev–Trinajstić information content (AvgIpc) is 2.54. The number of para-hydroxylation sites is 1. The van der Waals surface area contributed by atoms with Crippen molar-refractivity contribution in [1.82, 2.24) is 5.32 Å². The summed E-state index contributed by atoms with van der Waals surface area (Å²) in [5.41, 5.74) is 1.28. The van der Waals surface area contributed by atoms with Crippen LogP contribution in [0.25, 0.3) is 0 Å². The highest BCUT2D eigenvalue weighted by atomic mass is 16.5. The summed E-state index contributed by atoms with van der Waals surface area (Å²) in [5, 5.41) is 3.86. The molecule has 21 heavy (non-hydrogen) atoms. The van der Waals surface area contributed by atoms with E-state index >= 15 is 0 Å². The van der Waals surface area contributed by atoms with Crippen molar-refractivity contribution in [2.75, 3.05) is 7.11 Å². The van der Waals surface area contributed by atoms with Crippen molar-refractivity contribution in [3.8, 4) is 5.75 Å². The Morgan fingerprint density at radius 1 is 1.05 bits per heavy atom. The molecule has 2 aliphatic rings. The predicted octanol–water partition coefficient (Wildman–Crippen LogP) is 4.70. The SMILES string of the molecule is COc1ccccc1C(C)NC1CCC2CCCCC2C1. The lowest BCUT2D eigenvalue weighted by molar-refractivity contribution is 0.139. The quantitative estimate of drug-likeness (QED) is 0.866. The maximum Gasteiger partial charge on any atom is 0.123 e. The number of methoxy groups -OCH3 is 1. The smallest absolute Gasteiger partial charge is 0.123 e. The average molecular weight is 287 g/mol. The van der Waals surface area contributed by atoms with Gasteiger partial charge in [0.2, 0.25) is 0 Å². The zero-order valence-electron chi connectivity index (χ0n) is 13.5. The van der Waals surface area contributed by atoms with Gasteiger partial charge in [-0.25, -0.2) is 0 Å². The Balaban J connectivity index is 1.61. The lowest BCUT2D eigenvalue weighted by atomic mass is 9.69. The van der Waals surface area contributed by atoms with Crippen LogP contribution in [0.2, 0.25) is 0 Å². The highest BCUT2D eigenvalue weighted by Gasteiger charge is 2.32. The zero-order chi connectivity index (χ0) is 14.7. The predicted molar refractivity (Wildman–Crippen MR) is 87.6 cm³/mol. The topological polar surface area (TPSA) is 21.3 Å². The van der Waals surface area contributed by atoms with Gasteiger partial charge < -0.3 is 10.1 Å². The lowest BCUT2D eigenvalue weighted by Gasteiger charge is -2.40. The third kappa shape index (κ3) is 3.42. The molecule has 0 spiro atoms. The minimum absolute atomic E-state index is 0.367. The second-order valence-corrected chi connectivity index (χ2v) is 6.94. The second-order valence-electron chi connectivity index (χ2n) is 6.94. The fourth-order valence-electron chi connectivity index (χ4n) is 4.49. The van der Waals surface area contributed by atoms with Crippen molar-refractivity contribution in [1.29, 1.82) is 0 Å². The molecule has 2 nitrogen and oxygen atoms in total. The Bertz CT molecular complexity index is 459. The van der Waals surface area contributed by atoms with E-state index in [0.717, 1.165) is 17.6 Å². The van der Waals surface area contributed by atoms with Gasteiger partial charge in [-0.2, -0.15) is 0 Å². The first-order valence-electron chi connectivity index (χ1n) is 8.67. The molecule has 1 aromatic carbocycles. The van der Waals surface area contributed by atoms with Crippen LogP contribution in [0.1, 0.15) is 63.5 Å². The Labute approximate surface area is 129 Å². The van der Waals surface area contributed by atoms with Crippen molar-refractivity contribution < 1.29 is 4.74 Å². The fourth-order valence-corrected chi connectivity index (χ4v) is 4.49. The molecule has 2 saturated carbocycles. The summed E-state index contributed by atoms with van der Waals surface area (Å²) >= 11 is 0. The van der Waals surface area contributed by atoms with Crippen LogP contribution in [0.3, 0.4) is 0 Å². The van der Waals surface area contributed by atoms with E-state index in [0.29, 0.717) is 12.1 Å². The number of hydrogen-bond donors (Lipinski definition) is 1. The van der Waals surface area contributed by atoms with E-state index in [2.05, 4.69) is 30.4 Å². The first-order chi connectivity index (χ1) is 10.3. The molecule has 0 heterocycles. The van der Waals surface area contributed by atoms with Crippen molar-refractivity contribution in [2.24, 2.45) is 11.8 Å². The molecule has 4 unspecified atom stereocenters. The van der Waals surface area contributed by atoms with Crippen molar-refractivity contribution in [3.63, 3.8) is 0 Å². The van der Waals surface area contributed by atoms with Crippen molar-refractivity contribution in [2.45, 2.75) is 64.0 Å². The zero-order valence-corrected chi connectivity index (χ0v) is 13.5. The summed E-state index contributed by atoms with van der Waals surface area (Å²) < 4.78 is 5.50. The van der Waals surface area contributed by atoms with E-state index in [-0.39, 0.29) is 0 Å². The minimum Gasteiger partial charge on any atom is -0.496 e. The van der Waals surface area contributed by atoms with Gasteiger partial charge in [0.25, 0.3) is 0 Å². The Morgan fingerprint density at radius 2 is 1.81 bits per heavy atom. The van der Waals surface area contributed by atoms with Crippen LogP contribution in [-0.4, -0.2) is 13.2 Å². The summed E-state index contributed by atoms with van der Waals surface area (Å²) in [5.74, 6) is 3.01. The second kappa shape index (κ2) is 6.83. The molecule has 0 aliphatic heterocycles. The first kappa shape index (κ1) is 14.9. The van der Waals surface area contributed by atoms with E-state index in [4.69, 9.17) is 4.74 Å². The molecule has 1 N–H and O–H groups in total. The van der Waals surface area contributed by atoms with E-state index < -0.39 is 0 Å². The minimum atomic E-state index is 0.367. The number of rotatable bonds is 4. The maximum absolute atomic E-state index is 5.50. The Hall–Kier alpha value is -1.02. The van der Waals surface area contributed by atoms with Gasteiger partial charge in [-0.1, -0.05) is 43.9 Å². The normalized spacial score (nSPS) is 30.5. The van der Waals surface area contributed by atoms with Gasteiger partial charge in [-0.15, -0.1) is 0 Å². The fraction of sp³-hybridized carbons (Fsp3) is 0.684. The number of hydrogen-bond acceptors (Lipinski definition) is 2. The molecule has 0 aromatic heterocycles. The van der Waals surface area contributed by atoms with Gasteiger partial charge in [0.15, 0.2) is 0 Å². The Morgan fingerprint density at radius 3 is 2.62 bits per heavy atom. The van der Waals surface area contributed by atoms with E-state index in [1.54, 1.807) is 7.11 Å². The van der Waals surface area contributed by atoms with Gasteiger partial charge in [-0.05, 0) is 44.1 Å². The van der Waals surface area contributed by atoms with Gasteiger partial charge >= 0.3 is 0 Å². The molecule has 0 saturated heterocycles. The number of fused-ring (bicyclic) bond motifs is 1. The molecule has 3 rings (SSSR count). The van der Waals surface area contributed by atoms with Crippen LogP contribution >= 0.6 is 0 Å². The number of ether oxygens (including phenoxy) is 1. The molecule has 2 aliphatic carbocycles. The maximum atomic E-state index is 5.50. The van der Waals surface area contributed by atoms with Gasteiger partial charge in [0, 0.05) is 17.6 Å². The van der Waals surface area contributed by atoms with Crippen molar-refractivity contribution in [3.05, 3.63) is 29.8 Å². The molecule has 2 fully saturated rings. The first-order valence-corrected chi connectivity index (χ1v) is 8.67.